The molecule has 0 N–H and O–H groups in total. The van der Waals surface area contributed by atoms with Crippen LogP contribution in [-0.2, 0) is 0 Å². The molecular weight excluding hydrogens is 239 g/mol. The highest BCUT2D eigenvalue weighted by atomic mass is 19.1. The number of likely N-dealkylation sites (tertiary alicyclic amines) is 1. The average molecular weight is 260 g/mol. The summed E-state index contributed by atoms with van der Waals surface area (Å²) in [5.74, 6) is 0.295. The first-order chi connectivity index (χ1) is 9.02. The molecule has 1 fully saturated rings. The Morgan fingerprint density at radius 2 is 2.11 bits per heavy atom. The van der Waals surface area contributed by atoms with Gasteiger partial charge >= 0.3 is 0 Å². The van der Waals surface area contributed by atoms with Crippen molar-refractivity contribution in [2.45, 2.75) is 45.7 Å². The maximum absolute atomic E-state index is 13.7. The van der Waals surface area contributed by atoms with Crippen LogP contribution in [-0.4, -0.2) is 17.5 Å². The molecule has 1 aromatic rings. The van der Waals surface area contributed by atoms with Crippen molar-refractivity contribution in [2.75, 3.05) is 6.54 Å². The quantitative estimate of drug-likeness (QED) is 0.707. The second kappa shape index (κ2) is 5.71. The van der Waals surface area contributed by atoms with Gasteiger partial charge in [0.1, 0.15) is 5.82 Å². The minimum Gasteiger partial charge on any atom is -0.294 e. The van der Waals surface area contributed by atoms with Crippen molar-refractivity contribution in [2.24, 2.45) is 5.92 Å². The predicted octanol–water partition coefficient (Wildman–Crippen LogP) is 4.56. The molecule has 0 amide bonds. The molecular formula is C16H21FN2. The molecule has 3 atom stereocenters. The largest absolute Gasteiger partial charge is 0.294 e. The topological polar surface area (TPSA) is 7.60 Å². The van der Waals surface area contributed by atoms with Gasteiger partial charge in [-0.25, -0.2) is 9.24 Å². The summed E-state index contributed by atoms with van der Waals surface area (Å²) in [5.41, 5.74) is 1.07. The average Bonchev–Trinajstić information content (AvgIpc) is 2.40. The first-order valence-electron chi connectivity index (χ1n) is 6.95. The third kappa shape index (κ3) is 2.96. The summed E-state index contributed by atoms with van der Waals surface area (Å²) in [6.07, 6.45) is 2.48. The summed E-state index contributed by atoms with van der Waals surface area (Å²) < 4.78 is 13.7. The third-order valence-electron chi connectivity index (χ3n) is 4.24. The lowest BCUT2D eigenvalue weighted by molar-refractivity contribution is 0.0843. The van der Waals surface area contributed by atoms with E-state index in [2.05, 4.69) is 30.5 Å². The minimum absolute atomic E-state index is 0.107. The van der Waals surface area contributed by atoms with Crippen molar-refractivity contribution >= 4 is 5.69 Å². The fourth-order valence-corrected chi connectivity index (χ4v) is 2.93. The van der Waals surface area contributed by atoms with Crippen molar-refractivity contribution in [1.82, 2.24) is 4.90 Å². The van der Waals surface area contributed by atoms with E-state index in [1.807, 2.05) is 6.07 Å². The van der Waals surface area contributed by atoms with E-state index in [1.54, 1.807) is 6.07 Å². The summed E-state index contributed by atoms with van der Waals surface area (Å²) >= 11 is 0. The van der Waals surface area contributed by atoms with E-state index in [1.165, 1.54) is 18.9 Å². The molecule has 0 saturated carbocycles. The molecule has 1 saturated heterocycles. The zero-order valence-corrected chi connectivity index (χ0v) is 11.9. The van der Waals surface area contributed by atoms with E-state index in [0.717, 1.165) is 12.1 Å². The second-order valence-electron chi connectivity index (χ2n) is 5.73. The zero-order chi connectivity index (χ0) is 14.0. The number of rotatable bonds is 2. The Bertz CT molecular complexity index is 492. The van der Waals surface area contributed by atoms with E-state index in [-0.39, 0.29) is 11.7 Å². The molecule has 0 radical (unpaired) electrons. The molecule has 2 rings (SSSR count). The van der Waals surface area contributed by atoms with Crippen molar-refractivity contribution in [3.63, 3.8) is 0 Å². The van der Waals surface area contributed by atoms with Gasteiger partial charge in [-0.1, -0.05) is 19.1 Å². The third-order valence-corrected chi connectivity index (χ3v) is 4.24. The van der Waals surface area contributed by atoms with Gasteiger partial charge in [-0.05, 0) is 44.2 Å². The van der Waals surface area contributed by atoms with Gasteiger partial charge in [0, 0.05) is 18.6 Å². The number of hydrogen-bond acceptors (Lipinski definition) is 1. The first-order valence-corrected chi connectivity index (χ1v) is 6.95. The highest BCUT2D eigenvalue weighted by molar-refractivity contribution is 5.47. The van der Waals surface area contributed by atoms with Gasteiger partial charge in [0.15, 0.2) is 0 Å². The van der Waals surface area contributed by atoms with Gasteiger partial charge in [0.05, 0.1) is 6.57 Å². The molecule has 3 heteroatoms. The highest BCUT2D eigenvalue weighted by Crippen LogP contribution is 2.32. The van der Waals surface area contributed by atoms with Crippen LogP contribution in [0.5, 0.6) is 0 Å². The van der Waals surface area contributed by atoms with Crippen molar-refractivity contribution in [1.29, 1.82) is 0 Å². The Morgan fingerprint density at radius 3 is 2.74 bits per heavy atom. The van der Waals surface area contributed by atoms with Crippen LogP contribution in [0, 0.1) is 18.3 Å². The van der Waals surface area contributed by atoms with Gasteiger partial charge in [0.2, 0.25) is 5.69 Å². The fourth-order valence-electron chi connectivity index (χ4n) is 2.93. The Kier molecular flexibility index (Phi) is 4.21. The molecule has 1 aliphatic rings. The van der Waals surface area contributed by atoms with Crippen LogP contribution in [0.25, 0.3) is 4.85 Å². The molecule has 19 heavy (non-hydrogen) atoms. The maximum atomic E-state index is 13.7. The van der Waals surface area contributed by atoms with Crippen molar-refractivity contribution in [3.05, 3.63) is 41.0 Å². The molecule has 0 bridgehead atoms. The van der Waals surface area contributed by atoms with E-state index in [0.29, 0.717) is 12.0 Å². The molecule has 0 spiro atoms. The van der Waals surface area contributed by atoms with Gasteiger partial charge in [-0.15, -0.1) is 0 Å². The second-order valence-corrected chi connectivity index (χ2v) is 5.73. The van der Waals surface area contributed by atoms with Crippen LogP contribution in [0.3, 0.4) is 0 Å². The molecule has 1 aliphatic heterocycles. The Labute approximate surface area is 115 Å². The Balaban J connectivity index is 2.21. The van der Waals surface area contributed by atoms with Gasteiger partial charge < -0.3 is 0 Å². The standard InChI is InChI=1S/C16H21FN2/c1-11-5-6-12(2)19(10-11)13(3)14-7-8-16(18-4)15(17)9-14/h7-9,11-13H,5-6,10H2,1-3H3/t11-,12-,13?/m1/s1. The van der Waals surface area contributed by atoms with Crippen molar-refractivity contribution in [3.8, 4) is 0 Å². The van der Waals surface area contributed by atoms with Crippen LogP contribution in [0.2, 0.25) is 0 Å². The SMILES string of the molecule is [C-]#[N+]c1ccc(C(C)N2C[C@H](C)CC[C@H]2C)cc1F. The number of hydrogen-bond donors (Lipinski definition) is 0. The summed E-state index contributed by atoms with van der Waals surface area (Å²) in [5, 5.41) is 0. The Hall–Kier alpha value is -1.40. The molecule has 0 aliphatic carbocycles. The van der Waals surface area contributed by atoms with Crippen LogP contribution in [0.4, 0.5) is 10.1 Å². The monoisotopic (exact) mass is 260 g/mol. The van der Waals surface area contributed by atoms with Crippen LogP contribution in [0.15, 0.2) is 18.2 Å². The van der Waals surface area contributed by atoms with E-state index < -0.39 is 5.82 Å². The number of piperidine rings is 1. The number of halogens is 1. The van der Waals surface area contributed by atoms with Crippen LogP contribution >= 0.6 is 0 Å². The zero-order valence-electron chi connectivity index (χ0n) is 11.9. The van der Waals surface area contributed by atoms with E-state index in [4.69, 9.17) is 6.57 Å². The normalized spacial score (nSPS) is 25.8. The lowest BCUT2D eigenvalue weighted by Crippen LogP contribution is -2.42. The summed E-state index contributed by atoms with van der Waals surface area (Å²) in [7, 11) is 0. The van der Waals surface area contributed by atoms with E-state index >= 15 is 0 Å². The lowest BCUT2D eigenvalue weighted by atomic mass is 9.92. The number of benzene rings is 1. The summed E-state index contributed by atoms with van der Waals surface area (Å²) in [4.78, 5) is 5.62. The van der Waals surface area contributed by atoms with Gasteiger partial charge in [-0.2, -0.15) is 0 Å². The lowest BCUT2D eigenvalue weighted by Gasteiger charge is -2.41. The van der Waals surface area contributed by atoms with Crippen molar-refractivity contribution < 1.29 is 4.39 Å². The summed E-state index contributed by atoms with van der Waals surface area (Å²) in [6, 6.07) is 5.73. The van der Waals surface area contributed by atoms with Gasteiger partial charge in [-0.3, -0.25) is 4.90 Å². The Morgan fingerprint density at radius 1 is 1.37 bits per heavy atom. The molecule has 1 unspecified atom stereocenters. The maximum Gasteiger partial charge on any atom is 0.222 e. The smallest absolute Gasteiger partial charge is 0.222 e. The van der Waals surface area contributed by atoms with Crippen LogP contribution in [0.1, 0.15) is 45.2 Å². The molecule has 1 aromatic carbocycles. The van der Waals surface area contributed by atoms with E-state index in [9.17, 15) is 4.39 Å². The molecule has 0 aromatic heterocycles. The highest BCUT2D eigenvalue weighted by Gasteiger charge is 2.27. The number of nitrogens with zero attached hydrogens (tertiary/aromatic N) is 2. The fraction of sp³-hybridized carbons (Fsp3) is 0.562. The molecule has 102 valence electrons. The molecule has 2 nitrogen and oxygen atoms in total. The summed E-state index contributed by atoms with van der Waals surface area (Å²) in [6.45, 7) is 14.6. The van der Waals surface area contributed by atoms with Gasteiger partial charge in [0.25, 0.3) is 0 Å². The predicted molar refractivity (Wildman–Crippen MR) is 75.6 cm³/mol. The van der Waals surface area contributed by atoms with Crippen LogP contribution < -0.4 is 0 Å². The minimum atomic E-state index is -0.405. The first kappa shape index (κ1) is 14.0. The molecule has 1 heterocycles.